The largest absolute Gasteiger partial charge is 0.419 e. The van der Waals surface area contributed by atoms with Gasteiger partial charge < -0.3 is 4.74 Å². The fraction of sp³-hybridized carbons (Fsp3) is 0.600. The molecule has 0 aliphatic carbocycles. The second-order valence-electron chi connectivity index (χ2n) is 5.74. The van der Waals surface area contributed by atoms with Crippen molar-refractivity contribution in [3.63, 3.8) is 0 Å². The number of likely N-dealkylation sites (tertiary alicyclic amines) is 1. The zero-order valence-corrected chi connectivity index (χ0v) is 12.4. The first-order valence-corrected chi connectivity index (χ1v) is 7.57. The third-order valence-corrected chi connectivity index (χ3v) is 4.25. The average Bonchev–Trinajstić information content (AvgIpc) is 2.48. The summed E-state index contributed by atoms with van der Waals surface area (Å²) >= 11 is 0. The standard InChI is InChI=1S/C15H18F4N2O2/c16-13-2-1-10(9-12(13)15(17,18)19)20-23-14-3-6-21(14)11-4-7-22-8-5-11/h1-2,9,11,14,20H,3-8H2. The quantitative estimate of drug-likeness (QED) is 0.676. The Labute approximate surface area is 131 Å². The van der Waals surface area contributed by atoms with Gasteiger partial charge >= 0.3 is 6.18 Å². The molecule has 3 rings (SSSR count). The number of hydrogen-bond donors (Lipinski definition) is 1. The Hall–Kier alpha value is -1.38. The van der Waals surface area contributed by atoms with Gasteiger partial charge in [0.05, 0.1) is 11.3 Å². The summed E-state index contributed by atoms with van der Waals surface area (Å²) in [5.41, 5.74) is 1.29. The summed E-state index contributed by atoms with van der Waals surface area (Å²) in [6, 6.07) is 3.10. The van der Waals surface area contributed by atoms with Gasteiger partial charge in [-0.05, 0) is 31.0 Å². The van der Waals surface area contributed by atoms with Crippen molar-refractivity contribution < 1.29 is 27.1 Å². The van der Waals surface area contributed by atoms with Crippen LogP contribution < -0.4 is 5.48 Å². The van der Waals surface area contributed by atoms with Crippen molar-refractivity contribution in [2.75, 3.05) is 25.2 Å². The lowest BCUT2D eigenvalue weighted by Gasteiger charge is -2.46. The van der Waals surface area contributed by atoms with Crippen LogP contribution in [0.4, 0.5) is 23.2 Å². The topological polar surface area (TPSA) is 33.7 Å². The summed E-state index contributed by atoms with van der Waals surface area (Å²) in [6.07, 6.45) is -2.26. The van der Waals surface area contributed by atoms with Gasteiger partial charge in [-0.2, -0.15) is 13.2 Å². The molecule has 2 heterocycles. The van der Waals surface area contributed by atoms with Crippen LogP contribution >= 0.6 is 0 Å². The molecule has 2 aliphatic rings. The highest BCUT2D eigenvalue weighted by Gasteiger charge is 2.37. The highest BCUT2D eigenvalue weighted by Crippen LogP contribution is 2.33. The predicted molar refractivity (Wildman–Crippen MR) is 75.1 cm³/mol. The maximum atomic E-state index is 13.2. The monoisotopic (exact) mass is 334 g/mol. The molecule has 128 valence electrons. The molecule has 1 aromatic carbocycles. The molecule has 1 atom stereocenters. The molecule has 23 heavy (non-hydrogen) atoms. The molecule has 4 nitrogen and oxygen atoms in total. The second kappa shape index (κ2) is 6.62. The number of ether oxygens (including phenoxy) is 1. The van der Waals surface area contributed by atoms with Crippen LogP contribution in [-0.2, 0) is 15.8 Å². The summed E-state index contributed by atoms with van der Waals surface area (Å²) in [6.45, 7) is 2.33. The molecule has 0 saturated carbocycles. The zero-order valence-electron chi connectivity index (χ0n) is 12.4. The Bertz CT molecular complexity index is 547. The van der Waals surface area contributed by atoms with Crippen molar-refractivity contribution in [1.82, 2.24) is 4.90 Å². The van der Waals surface area contributed by atoms with Gasteiger partial charge in [-0.15, -0.1) is 0 Å². The molecule has 1 N–H and O–H groups in total. The van der Waals surface area contributed by atoms with E-state index in [1.807, 2.05) is 0 Å². The molecule has 0 bridgehead atoms. The van der Waals surface area contributed by atoms with Gasteiger partial charge in [0.25, 0.3) is 0 Å². The fourth-order valence-electron chi connectivity index (χ4n) is 2.89. The summed E-state index contributed by atoms with van der Waals surface area (Å²) in [4.78, 5) is 7.65. The second-order valence-corrected chi connectivity index (χ2v) is 5.74. The number of rotatable bonds is 4. The molecule has 1 unspecified atom stereocenters. The number of nitrogens with one attached hydrogen (secondary N) is 1. The van der Waals surface area contributed by atoms with Gasteiger partial charge in [-0.3, -0.25) is 15.2 Å². The number of nitrogens with zero attached hydrogens (tertiary/aromatic N) is 1. The van der Waals surface area contributed by atoms with Crippen molar-refractivity contribution in [3.8, 4) is 0 Å². The SMILES string of the molecule is Fc1ccc(NOC2CCN2C2CCOCC2)cc1C(F)(F)F. The van der Waals surface area contributed by atoms with E-state index in [9.17, 15) is 17.6 Å². The Morgan fingerprint density at radius 2 is 1.91 bits per heavy atom. The summed E-state index contributed by atoms with van der Waals surface area (Å²) in [7, 11) is 0. The maximum Gasteiger partial charge on any atom is 0.419 e. The Balaban J connectivity index is 1.58. The minimum absolute atomic E-state index is 0.0811. The van der Waals surface area contributed by atoms with Crippen LogP contribution in [0.25, 0.3) is 0 Å². The fourth-order valence-corrected chi connectivity index (χ4v) is 2.89. The average molecular weight is 334 g/mol. The smallest absolute Gasteiger partial charge is 0.381 e. The Kier molecular flexibility index (Phi) is 4.74. The highest BCUT2D eigenvalue weighted by atomic mass is 19.4. The van der Waals surface area contributed by atoms with Crippen LogP contribution in [0.2, 0.25) is 0 Å². The summed E-state index contributed by atoms with van der Waals surface area (Å²) in [5, 5.41) is 0. The van der Waals surface area contributed by atoms with Crippen LogP contribution in [0.1, 0.15) is 24.8 Å². The number of hydrogen-bond acceptors (Lipinski definition) is 4. The van der Waals surface area contributed by atoms with Crippen molar-refractivity contribution in [2.24, 2.45) is 0 Å². The number of benzene rings is 1. The van der Waals surface area contributed by atoms with Crippen molar-refractivity contribution >= 4 is 5.69 Å². The Morgan fingerprint density at radius 1 is 1.17 bits per heavy atom. The van der Waals surface area contributed by atoms with E-state index < -0.39 is 17.6 Å². The first-order valence-electron chi connectivity index (χ1n) is 7.57. The van der Waals surface area contributed by atoms with E-state index in [-0.39, 0.29) is 11.9 Å². The lowest BCUT2D eigenvalue weighted by molar-refractivity contribution is -0.140. The molecule has 2 aliphatic heterocycles. The molecular formula is C15H18F4N2O2. The minimum atomic E-state index is -4.73. The molecule has 2 saturated heterocycles. The number of anilines is 1. The van der Waals surface area contributed by atoms with Gasteiger partial charge in [-0.25, -0.2) is 4.39 Å². The van der Waals surface area contributed by atoms with E-state index >= 15 is 0 Å². The first kappa shape index (κ1) is 16.5. The first-order chi connectivity index (χ1) is 10.9. The highest BCUT2D eigenvalue weighted by molar-refractivity contribution is 5.45. The van der Waals surface area contributed by atoms with E-state index in [1.165, 1.54) is 6.07 Å². The zero-order chi connectivity index (χ0) is 16.4. The van der Waals surface area contributed by atoms with Crippen LogP contribution in [-0.4, -0.2) is 36.9 Å². The predicted octanol–water partition coefficient (Wildman–Crippen LogP) is 3.40. The lowest BCUT2D eigenvalue weighted by Crippen LogP contribution is -2.56. The van der Waals surface area contributed by atoms with Crippen molar-refractivity contribution in [2.45, 2.75) is 37.7 Å². The van der Waals surface area contributed by atoms with E-state index in [1.54, 1.807) is 0 Å². The van der Waals surface area contributed by atoms with Gasteiger partial charge in [0.2, 0.25) is 0 Å². The third-order valence-electron chi connectivity index (χ3n) is 4.25. The summed E-state index contributed by atoms with van der Waals surface area (Å²) in [5.74, 6) is -1.30. The maximum absolute atomic E-state index is 13.2. The van der Waals surface area contributed by atoms with Crippen LogP contribution in [0.5, 0.6) is 0 Å². The molecule has 0 spiro atoms. The van der Waals surface area contributed by atoms with Crippen LogP contribution in [0, 0.1) is 5.82 Å². The van der Waals surface area contributed by atoms with Gasteiger partial charge in [0.15, 0.2) is 0 Å². The molecule has 0 amide bonds. The normalized spacial score (nSPS) is 23.6. The lowest BCUT2D eigenvalue weighted by atomic mass is 10.0. The van der Waals surface area contributed by atoms with Gasteiger partial charge in [-0.1, -0.05) is 0 Å². The molecule has 0 radical (unpaired) electrons. The van der Waals surface area contributed by atoms with E-state index in [0.717, 1.165) is 31.9 Å². The van der Waals surface area contributed by atoms with E-state index in [0.29, 0.717) is 25.3 Å². The summed E-state index contributed by atoms with van der Waals surface area (Å²) < 4.78 is 56.6. The van der Waals surface area contributed by atoms with Crippen molar-refractivity contribution in [3.05, 3.63) is 29.6 Å². The molecule has 8 heteroatoms. The minimum Gasteiger partial charge on any atom is -0.381 e. The molecule has 0 aromatic heterocycles. The van der Waals surface area contributed by atoms with E-state index in [2.05, 4.69) is 10.4 Å². The van der Waals surface area contributed by atoms with Gasteiger partial charge in [0, 0.05) is 32.2 Å². The van der Waals surface area contributed by atoms with Gasteiger partial charge in [0.1, 0.15) is 12.0 Å². The van der Waals surface area contributed by atoms with Crippen LogP contribution in [0.15, 0.2) is 18.2 Å². The van der Waals surface area contributed by atoms with E-state index in [4.69, 9.17) is 9.57 Å². The Morgan fingerprint density at radius 3 is 2.52 bits per heavy atom. The number of alkyl halides is 3. The van der Waals surface area contributed by atoms with Crippen molar-refractivity contribution in [1.29, 1.82) is 0 Å². The molecule has 1 aromatic rings. The molecular weight excluding hydrogens is 316 g/mol. The van der Waals surface area contributed by atoms with Crippen LogP contribution in [0.3, 0.4) is 0 Å². The third kappa shape index (κ3) is 3.76. The molecule has 2 fully saturated rings. The number of halogens is 4.